The van der Waals surface area contributed by atoms with Gasteiger partial charge in [-0.1, -0.05) is 52.3 Å². The molecule has 0 fully saturated rings. The molecule has 0 aliphatic carbocycles. The molecule has 5 heteroatoms. The monoisotopic (exact) mass is 356 g/mol. The number of hydrogen-bond acceptors (Lipinski definition) is 4. The minimum absolute atomic E-state index is 0.0349. The largest absolute Gasteiger partial charge is 0.466 e. The van der Waals surface area contributed by atoms with Crippen molar-refractivity contribution >= 4 is 21.9 Å². The summed E-state index contributed by atoms with van der Waals surface area (Å²) in [6.07, 6.45) is 2.91. The van der Waals surface area contributed by atoms with E-state index in [9.17, 15) is 4.79 Å². The highest BCUT2D eigenvalue weighted by Gasteiger charge is 2.13. The molecular formula is C16H21BrO4. The average Bonchev–Trinajstić information content (AvgIpc) is 2.54. The van der Waals surface area contributed by atoms with Gasteiger partial charge in [0.2, 0.25) is 0 Å². The Kier molecular flexibility index (Phi) is 8.98. The molecule has 4 nitrogen and oxygen atoms in total. The van der Waals surface area contributed by atoms with Gasteiger partial charge in [0.1, 0.15) is 0 Å². The zero-order valence-corrected chi connectivity index (χ0v) is 13.9. The molecule has 0 saturated carbocycles. The molecule has 0 aromatic heterocycles. The van der Waals surface area contributed by atoms with Gasteiger partial charge in [-0.05, 0) is 12.5 Å². The molecule has 2 unspecified atom stereocenters. The molecule has 0 bridgehead atoms. The van der Waals surface area contributed by atoms with Crippen LogP contribution in [0.15, 0.2) is 42.5 Å². The Morgan fingerprint density at radius 1 is 1.29 bits per heavy atom. The molecule has 0 spiro atoms. The fourth-order valence-electron chi connectivity index (χ4n) is 1.76. The normalized spacial score (nSPS) is 14.0. The second kappa shape index (κ2) is 10.5. The Bertz CT molecular complexity index is 433. The van der Waals surface area contributed by atoms with Crippen LogP contribution in [0.3, 0.4) is 0 Å². The van der Waals surface area contributed by atoms with Crippen LogP contribution >= 0.6 is 15.9 Å². The van der Waals surface area contributed by atoms with E-state index in [0.717, 1.165) is 5.56 Å². The molecule has 0 amide bonds. The fourth-order valence-corrected chi connectivity index (χ4v) is 2.13. The third-order valence-corrected chi connectivity index (χ3v) is 3.36. The summed E-state index contributed by atoms with van der Waals surface area (Å²) in [5.74, 6) is -0.412. The van der Waals surface area contributed by atoms with Crippen molar-refractivity contribution in [1.29, 1.82) is 0 Å². The van der Waals surface area contributed by atoms with Crippen molar-refractivity contribution in [2.24, 2.45) is 0 Å². The van der Waals surface area contributed by atoms with E-state index in [-0.39, 0.29) is 18.2 Å². The molecular weight excluding hydrogens is 336 g/mol. The lowest BCUT2D eigenvalue weighted by molar-refractivity contribution is -0.134. The van der Waals surface area contributed by atoms with Crippen LogP contribution in [0.25, 0.3) is 0 Å². The number of esters is 1. The van der Waals surface area contributed by atoms with Crippen LogP contribution in [0, 0.1) is 0 Å². The average molecular weight is 357 g/mol. The van der Waals surface area contributed by atoms with Crippen LogP contribution in [0.5, 0.6) is 0 Å². The van der Waals surface area contributed by atoms with Crippen LogP contribution in [-0.2, 0) is 19.0 Å². The molecule has 0 saturated heterocycles. The molecule has 0 heterocycles. The number of rotatable bonds is 9. The van der Waals surface area contributed by atoms with Crippen LogP contribution in [0.2, 0.25) is 0 Å². The van der Waals surface area contributed by atoms with E-state index in [2.05, 4.69) is 20.7 Å². The number of carbonyl (C=O) groups is 1. The molecule has 116 valence electrons. The highest BCUT2D eigenvalue weighted by Crippen LogP contribution is 2.19. The molecule has 0 radical (unpaired) electrons. The number of benzene rings is 1. The first-order valence-corrected chi connectivity index (χ1v) is 7.93. The zero-order valence-electron chi connectivity index (χ0n) is 12.3. The molecule has 1 rings (SSSR count). The zero-order chi connectivity index (χ0) is 15.5. The maximum absolute atomic E-state index is 11.3. The summed E-state index contributed by atoms with van der Waals surface area (Å²) < 4.78 is 15.8. The highest BCUT2D eigenvalue weighted by molar-refractivity contribution is 9.09. The van der Waals surface area contributed by atoms with Crippen molar-refractivity contribution in [2.75, 3.05) is 25.7 Å². The Hall–Kier alpha value is -1.17. The fraction of sp³-hybridized carbons (Fsp3) is 0.438. The van der Waals surface area contributed by atoms with E-state index in [1.807, 2.05) is 37.3 Å². The third-order valence-electron chi connectivity index (χ3n) is 2.83. The summed E-state index contributed by atoms with van der Waals surface area (Å²) in [6, 6.07) is 9.86. The third kappa shape index (κ3) is 6.89. The van der Waals surface area contributed by atoms with Gasteiger partial charge in [-0.25, -0.2) is 4.79 Å². The molecule has 21 heavy (non-hydrogen) atoms. The number of halogens is 1. The van der Waals surface area contributed by atoms with E-state index >= 15 is 0 Å². The SMILES string of the molecule is CCOC(CBr)OCC(/C=C/C(=O)OC)c1ccccc1. The predicted molar refractivity (Wildman–Crippen MR) is 85.5 cm³/mol. The smallest absolute Gasteiger partial charge is 0.330 e. The summed E-state index contributed by atoms with van der Waals surface area (Å²) >= 11 is 3.35. The predicted octanol–water partition coefficient (Wildman–Crippen LogP) is 3.27. The summed E-state index contributed by atoms with van der Waals surface area (Å²) in [5.41, 5.74) is 1.07. The lowest BCUT2D eigenvalue weighted by Gasteiger charge is -2.19. The summed E-state index contributed by atoms with van der Waals surface area (Å²) in [7, 11) is 1.36. The number of ether oxygens (including phenoxy) is 3. The highest BCUT2D eigenvalue weighted by atomic mass is 79.9. The lowest BCUT2D eigenvalue weighted by atomic mass is 9.99. The Morgan fingerprint density at radius 3 is 2.57 bits per heavy atom. The van der Waals surface area contributed by atoms with Gasteiger partial charge in [0, 0.05) is 18.6 Å². The number of methoxy groups -OCH3 is 1. The second-order valence-electron chi connectivity index (χ2n) is 4.27. The van der Waals surface area contributed by atoms with Gasteiger partial charge in [0.15, 0.2) is 6.29 Å². The molecule has 0 aliphatic heterocycles. The van der Waals surface area contributed by atoms with E-state index in [1.165, 1.54) is 13.2 Å². The maximum Gasteiger partial charge on any atom is 0.330 e. The molecule has 2 atom stereocenters. The van der Waals surface area contributed by atoms with Crippen molar-refractivity contribution in [3.05, 3.63) is 48.0 Å². The minimum atomic E-state index is -0.377. The first-order chi connectivity index (χ1) is 10.2. The van der Waals surface area contributed by atoms with Gasteiger partial charge in [0.05, 0.1) is 19.0 Å². The van der Waals surface area contributed by atoms with Gasteiger partial charge < -0.3 is 14.2 Å². The van der Waals surface area contributed by atoms with Crippen molar-refractivity contribution < 1.29 is 19.0 Å². The first kappa shape index (κ1) is 17.9. The van der Waals surface area contributed by atoms with Gasteiger partial charge in [0.25, 0.3) is 0 Å². The van der Waals surface area contributed by atoms with E-state index in [4.69, 9.17) is 9.47 Å². The van der Waals surface area contributed by atoms with E-state index in [1.54, 1.807) is 6.08 Å². The van der Waals surface area contributed by atoms with Crippen LogP contribution in [-0.4, -0.2) is 37.9 Å². The maximum atomic E-state index is 11.3. The van der Waals surface area contributed by atoms with Gasteiger partial charge in [-0.15, -0.1) is 0 Å². The molecule has 0 aliphatic rings. The van der Waals surface area contributed by atoms with Gasteiger partial charge >= 0.3 is 5.97 Å². The quantitative estimate of drug-likeness (QED) is 0.295. The molecule has 1 aromatic rings. The first-order valence-electron chi connectivity index (χ1n) is 6.81. The topological polar surface area (TPSA) is 44.8 Å². The summed E-state index contributed by atoms with van der Waals surface area (Å²) in [5, 5.41) is 0.600. The number of alkyl halides is 1. The lowest BCUT2D eigenvalue weighted by Crippen LogP contribution is -2.21. The standard InChI is InChI=1S/C16H21BrO4/c1-3-20-16(11-17)21-12-14(9-10-15(18)19-2)13-7-5-4-6-8-13/h4-10,14,16H,3,11-12H2,1-2H3/b10-9+. The van der Waals surface area contributed by atoms with Crippen LogP contribution < -0.4 is 0 Å². The second-order valence-corrected chi connectivity index (χ2v) is 4.92. The number of hydrogen-bond donors (Lipinski definition) is 0. The summed E-state index contributed by atoms with van der Waals surface area (Å²) in [6.45, 7) is 2.93. The Labute approximate surface area is 134 Å². The number of carbonyl (C=O) groups excluding carboxylic acids is 1. The van der Waals surface area contributed by atoms with E-state index in [0.29, 0.717) is 18.5 Å². The van der Waals surface area contributed by atoms with Crippen LogP contribution in [0.4, 0.5) is 0 Å². The van der Waals surface area contributed by atoms with Crippen molar-refractivity contribution in [1.82, 2.24) is 0 Å². The van der Waals surface area contributed by atoms with Crippen molar-refractivity contribution in [3.63, 3.8) is 0 Å². The van der Waals surface area contributed by atoms with E-state index < -0.39 is 0 Å². The molecule has 1 aromatic carbocycles. The van der Waals surface area contributed by atoms with Gasteiger partial charge in [-0.2, -0.15) is 0 Å². The van der Waals surface area contributed by atoms with Crippen molar-refractivity contribution in [3.8, 4) is 0 Å². The minimum Gasteiger partial charge on any atom is -0.466 e. The van der Waals surface area contributed by atoms with Crippen LogP contribution in [0.1, 0.15) is 18.4 Å². The van der Waals surface area contributed by atoms with Crippen molar-refractivity contribution in [2.45, 2.75) is 19.1 Å². The summed E-state index contributed by atoms with van der Waals surface area (Å²) in [4.78, 5) is 11.3. The molecule has 0 N–H and O–H groups in total. The Morgan fingerprint density at radius 2 is 2.00 bits per heavy atom. The van der Waals surface area contributed by atoms with Gasteiger partial charge in [-0.3, -0.25) is 0 Å². The Balaban J connectivity index is 2.73.